The van der Waals surface area contributed by atoms with Crippen molar-refractivity contribution >= 4 is 12.0 Å². The second-order valence-electron chi connectivity index (χ2n) is 6.16. The minimum Gasteiger partial charge on any atom is -0.388 e. The first-order valence-corrected chi connectivity index (χ1v) is 9.85. The van der Waals surface area contributed by atoms with E-state index in [4.69, 9.17) is 0 Å². The number of carbonyl (C=O) groups is 1. The van der Waals surface area contributed by atoms with Crippen molar-refractivity contribution in [3.63, 3.8) is 0 Å². The van der Waals surface area contributed by atoms with Crippen LogP contribution in [0, 0.1) is 0 Å². The van der Waals surface area contributed by atoms with Gasteiger partial charge in [-0.1, -0.05) is 80.6 Å². The van der Waals surface area contributed by atoms with Crippen molar-refractivity contribution in [2.45, 2.75) is 33.2 Å². The lowest BCUT2D eigenvalue weighted by Crippen LogP contribution is -2.24. The molecule has 0 unspecified atom stereocenters. The highest BCUT2D eigenvalue weighted by Crippen LogP contribution is 2.24. The molecule has 3 nitrogen and oxygen atoms in total. The van der Waals surface area contributed by atoms with Crippen molar-refractivity contribution in [3.8, 4) is 0 Å². The number of hydrogen-bond acceptors (Lipinski definition) is 3. The molecule has 0 aliphatic carbocycles. The molecule has 2 aromatic carbocycles. The number of aldehydes is 1. The van der Waals surface area contributed by atoms with Crippen LogP contribution >= 0.6 is 0 Å². The molecule has 0 spiro atoms. The van der Waals surface area contributed by atoms with Crippen LogP contribution in [-0.4, -0.2) is 27.1 Å². The van der Waals surface area contributed by atoms with E-state index >= 15 is 0 Å². The van der Waals surface area contributed by atoms with Gasteiger partial charge in [0.25, 0.3) is 0 Å². The summed E-state index contributed by atoms with van der Waals surface area (Å²) < 4.78 is 4.25. The average molecular weight is 380 g/mol. The maximum absolute atomic E-state index is 10.8. The molecule has 0 amide bonds. The Morgan fingerprint density at radius 2 is 1.57 bits per heavy atom. The van der Waals surface area contributed by atoms with Gasteiger partial charge in [0.1, 0.15) is 6.29 Å². The number of hydrogen-bond donors (Lipinski definition) is 0. The van der Waals surface area contributed by atoms with Gasteiger partial charge in [-0.15, -0.1) is 0 Å². The number of ether oxygens (including phenoxy) is 1. The van der Waals surface area contributed by atoms with E-state index in [0.29, 0.717) is 0 Å². The van der Waals surface area contributed by atoms with Crippen LogP contribution in [0.3, 0.4) is 0 Å². The van der Waals surface area contributed by atoms with Gasteiger partial charge in [-0.2, -0.15) is 0 Å². The lowest BCUT2D eigenvalue weighted by atomic mass is 10.1. The van der Waals surface area contributed by atoms with Gasteiger partial charge in [-0.05, 0) is 30.0 Å². The second-order valence-corrected chi connectivity index (χ2v) is 6.16. The van der Waals surface area contributed by atoms with Gasteiger partial charge in [-0.3, -0.25) is 4.79 Å². The van der Waals surface area contributed by atoms with Crippen LogP contribution in [0.4, 0.5) is 5.69 Å². The summed E-state index contributed by atoms with van der Waals surface area (Å²) in [7, 11) is 3.25. The number of allylic oxidation sites excluding steroid dienone is 3. The molecule has 0 saturated heterocycles. The van der Waals surface area contributed by atoms with Gasteiger partial charge in [-0.25, -0.2) is 0 Å². The number of rotatable bonds is 3. The van der Waals surface area contributed by atoms with Crippen molar-refractivity contribution in [3.05, 3.63) is 89.5 Å². The third kappa shape index (κ3) is 7.93. The zero-order valence-corrected chi connectivity index (χ0v) is 17.6. The van der Waals surface area contributed by atoms with Gasteiger partial charge in [0.2, 0.25) is 0 Å². The Morgan fingerprint density at radius 3 is 2.25 bits per heavy atom. The highest BCUT2D eigenvalue weighted by atomic mass is 16.4. The first-order chi connectivity index (χ1) is 13.8. The van der Waals surface area contributed by atoms with Crippen molar-refractivity contribution in [1.82, 2.24) is 0 Å². The summed E-state index contributed by atoms with van der Waals surface area (Å²) in [4.78, 5) is 13.2. The number of carbonyl (C=O) groups excluding carboxylic acids is 1. The number of benzene rings is 2. The van der Waals surface area contributed by atoms with Crippen LogP contribution in [0.5, 0.6) is 0 Å². The predicted molar refractivity (Wildman–Crippen MR) is 120 cm³/mol. The van der Waals surface area contributed by atoms with Gasteiger partial charge in [0.15, 0.2) is 0 Å². The minimum atomic E-state index is 0.722. The molecule has 0 fully saturated rings. The number of anilines is 1. The molecule has 0 aromatic heterocycles. The van der Waals surface area contributed by atoms with E-state index in [-0.39, 0.29) is 0 Å². The van der Waals surface area contributed by atoms with Crippen LogP contribution in [-0.2, 0) is 17.7 Å². The molecule has 2 aromatic rings. The zero-order valence-electron chi connectivity index (χ0n) is 17.6. The predicted octanol–water partition coefficient (Wildman–Crippen LogP) is 5.85. The van der Waals surface area contributed by atoms with Crippen molar-refractivity contribution < 1.29 is 9.53 Å². The van der Waals surface area contributed by atoms with E-state index < -0.39 is 0 Å². The van der Waals surface area contributed by atoms with Gasteiger partial charge in [0.05, 0.1) is 0 Å². The van der Waals surface area contributed by atoms with Gasteiger partial charge >= 0.3 is 0 Å². The maximum atomic E-state index is 10.8. The minimum absolute atomic E-state index is 0.722. The standard InChI is InChI=1S/C21H21NO.C2H6O.C2H6/c23-17-19-13-11-18(12-14-19)16-22-15-7-3-1-2-4-8-20-9-5-6-10-21(20)22;1-3-2;1-2/h2-7,9-14,17H,1,8,15-16H2;1-2H3;1-2H3/b4-2-,7-3-;;. The summed E-state index contributed by atoms with van der Waals surface area (Å²) in [6.45, 7) is 5.73. The normalized spacial score (nSPS) is 14.9. The fourth-order valence-corrected chi connectivity index (χ4v) is 2.85. The Labute approximate surface area is 170 Å². The first kappa shape index (κ1) is 23.4. The zero-order chi connectivity index (χ0) is 20.6. The number of para-hydroxylation sites is 1. The van der Waals surface area contributed by atoms with E-state index in [1.165, 1.54) is 16.8 Å². The smallest absolute Gasteiger partial charge is 0.150 e. The fraction of sp³-hybridized carbons (Fsp3) is 0.320. The maximum Gasteiger partial charge on any atom is 0.150 e. The third-order valence-corrected chi connectivity index (χ3v) is 4.09. The highest BCUT2D eigenvalue weighted by molar-refractivity contribution is 5.74. The first-order valence-electron chi connectivity index (χ1n) is 9.85. The SMILES string of the molecule is CC.COC.O=Cc1ccc(CN2C/C=C\C/C=C\Cc3ccccc32)cc1. The lowest BCUT2D eigenvalue weighted by molar-refractivity contribution is 0.112. The van der Waals surface area contributed by atoms with E-state index in [1.807, 2.05) is 38.1 Å². The third-order valence-electron chi connectivity index (χ3n) is 4.09. The fourth-order valence-electron chi connectivity index (χ4n) is 2.85. The molecule has 150 valence electrons. The Hall–Kier alpha value is -2.65. The summed E-state index contributed by atoms with van der Waals surface area (Å²) >= 11 is 0. The topological polar surface area (TPSA) is 29.5 Å². The Kier molecular flexibility index (Phi) is 12.0. The van der Waals surface area contributed by atoms with Crippen LogP contribution < -0.4 is 4.90 Å². The number of fused-ring (bicyclic) bond motifs is 1. The largest absolute Gasteiger partial charge is 0.388 e. The van der Waals surface area contributed by atoms with E-state index in [9.17, 15) is 4.79 Å². The Morgan fingerprint density at radius 1 is 0.929 bits per heavy atom. The van der Waals surface area contributed by atoms with Gasteiger partial charge < -0.3 is 9.64 Å². The van der Waals surface area contributed by atoms with Crippen LogP contribution in [0.1, 0.15) is 41.8 Å². The monoisotopic (exact) mass is 379 g/mol. The van der Waals surface area contributed by atoms with E-state index in [1.54, 1.807) is 14.2 Å². The summed E-state index contributed by atoms with van der Waals surface area (Å²) in [6.07, 6.45) is 11.7. The molecule has 0 N–H and O–H groups in total. The molecule has 3 heteroatoms. The molecule has 1 aliphatic heterocycles. The number of nitrogens with zero attached hydrogens (tertiary/aromatic N) is 1. The van der Waals surface area contributed by atoms with Crippen LogP contribution in [0.15, 0.2) is 72.8 Å². The molecule has 1 heterocycles. The van der Waals surface area contributed by atoms with E-state index in [2.05, 4.69) is 58.2 Å². The van der Waals surface area contributed by atoms with Crippen LogP contribution in [0.2, 0.25) is 0 Å². The van der Waals surface area contributed by atoms with E-state index in [0.717, 1.165) is 37.8 Å². The molecular formula is C25H33NO2. The van der Waals surface area contributed by atoms with Gasteiger partial charge in [0, 0.05) is 38.6 Å². The average Bonchev–Trinajstić information content (AvgIpc) is 2.75. The summed E-state index contributed by atoms with van der Waals surface area (Å²) in [5, 5.41) is 0. The second kappa shape index (κ2) is 14.4. The van der Waals surface area contributed by atoms with Crippen molar-refractivity contribution in [2.24, 2.45) is 0 Å². The van der Waals surface area contributed by atoms with Crippen molar-refractivity contribution in [1.29, 1.82) is 0 Å². The molecule has 0 bridgehead atoms. The number of methoxy groups -OCH3 is 1. The molecule has 0 atom stereocenters. The lowest BCUT2D eigenvalue weighted by Gasteiger charge is -2.26. The quantitative estimate of drug-likeness (QED) is 0.495. The van der Waals surface area contributed by atoms with Crippen LogP contribution in [0.25, 0.3) is 0 Å². The van der Waals surface area contributed by atoms with Crippen molar-refractivity contribution in [2.75, 3.05) is 25.7 Å². The molecule has 1 aliphatic rings. The summed E-state index contributed by atoms with van der Waals surface area (Å²) in [5.41, 5.74) is 4.57. The molecule has 28 heavy (non-hydrogen) atoms. The molecule has 0 saturated carbocycles. The summed E-state index contributed by atoms with van der Waals surface area (Å²) in [5.74, 6) is 0. The molecule has 3 rings (SSSR count). The highest BCUT2D eigenvalue weighted by Gasteiger charge is 2.10. The Balaban J connectivity index is 0.000000717. The Bertz CT molecular complexity index is 732. The molecule has 0 radical (unpaired) electrons. The molecular weight excluding hydrogens is 346 g/mol. The summed E-state index contributed by atoms with van der Waals surface area (Å²) in [6, 6.07) is 16.4.